The zero-order valence-electron chi connectivity index (χ0n) is 12.3. The first-order valence-corrected chi connectivity index (χ1v) is 8.23. The summed E-state index contributed by atoms with van der Waals surface area (Å²) in [4.78, 5) is 0. The van der Waals surface area contributed by atoms with Crippen LogP contribution in [0.15, 0.2) is 16.6 Å². The van der Waals surface area contributed by atoms with Crippen molar-refractivity contribution in [1.82, 2.24) is 0 Å². The number of nitrogens with two attached hydrogens (primary N) is 1. The summed E-state index contributed by atoms with van der Waals surface area (Å²) in [5, 5.41) is 0. The minimum absolute atomic E-state index is 0.137. The standard InChI is InChI=1S/C16H24BrNO2/c1-3-19-15-10-13(8-11(2)18)9-14(17)16(15)20-7-6-12-4-5-12/h9-12H,3-8,18H2,1-2H3. The highest BCUT2D eigenvalue weighted by Gasteiger charge is 2.21. The maximum atomic E-state index is 5.93. The Morgan fingerprint density at radius 3 is 2.70 bits per heavy atom. The predicted molar refractivity (Wildman–Crippen MR) is 85.5 cm³/mol. The Balaban J connectivity index is 2.09. The summed E-state index contributed by atoms with van der Waals surface area (Å²) in [5.41, 5.74) is 7.04. The largest absolute Gasteiger partial charge is 0.490 e. The molecule has 0 aromatic heterocycles. The van der Waals surface area contributed by atoms with Crippen molar-refractivity contribution in [2.45, 2.75) is 45.6 Å². The first-order chi connectivity index (χ1) is 9.60. The van der Waals surface area contributed by atoms with Gasteiger partial charge in [0.1, 0.15) is 0 Å². The van der Waals surface area contributed by atoms with Crippen LogP contribution in [0, 0.1) is 5.92 Å². The summed E-state index contributed by atoms with van der Waals surface area (Å²) < 4.78 is 12.6. The first kappa shape index (κ1) is 15.6. The molecule has 1 saturated carbocycles. The van der Waals surface area contributed by atoms with E-state index in [-0.39, 0.29) is 6.04 Å². The summed E-state index contributed by atoms with van der Waals surface area (Å²) in [6.07, 6.45) is 4.69. The van der Waals surface area contributed by atoms with Crippen LogP contribution >= 0.6 is 15.9 Å². The zero-order chi connectivity index (χ0) is 14.5. The Hall–Kier alpha value is -0.740. The Labute approximate surface area is 130 Å². The smallest absolute Gasteiger partial charge is 0.175 e. The number of ether oxygens (including phenoxy) is 2. The summed E-state index contributed by atoms with van der Waals surface area (Å²) >= 11 is 3.59. The fourth-order valence-corrected chi connectivity index (χ4v) is 2.85. The molecule has 1 aromatic carbocycles. The molecule has 0 radical (unpaired) electrons. The van der Waals surface area contributed by atoms with Crippen molar-refractivity contribution in [3.05, 3.63) is 22.2 Å². The van der Waals surface area contributed by atoms with Crippen LogP contribution in [0.4, 0.5) is 0 Å². The fourth-order valence-electron chi connectivity index (χ4n) is 2.25. The molecular weight excluding hydrogens is 318 g/mol. The molecule has 1 aromatic rings. The second-order valence-electron chi connectivity index (χ2n) is 5.60. The third-order valence-corrected chi connectivity index (χ3v) is 3.99. The van der Waals surface area contributed by atoms with Gasteiger partial charge in [0.05, 0.1) is 17.7 Å². The molecule has 4 heteroatoms. The first-order valence-electron chi connectivity index (χ1n) is 7.43. The van der Waals surface area contributed by atoms with Crippen LogP contribution in [0.2, 0.25) is 0 Å². The molecule has 0 saturated heterocycles. The van der Waals surface area contributed by atoms with Gasteiger partial charge in [-0.2, -0.15) is 0 Å². The third-order valence-electron chi connectivity index (χ3n) is 3.40. The average molecular weight is 342 g/mol. The van der Waals surface area contributed by atoms with Gasteiger partial charge in [-0.15, -0.1) is 0 Å². The number of hydrogen-bond acceptors (Lipinski definition) is 3. The third kappa shape index (κ3) is 4.67. The molecule has 0 heterocycles. The van der Waals surface area contributed by atoms with Gasteiger partial charge in [-0.25, -0.2) is 0 Å². The maximum absolute atomic E-state index is 5.93. The van der Waals surface area contributed by atoms with Crippen LogP contribution in [-0.4, -0.2) is 19.3 Å². The normalized spacial score (nSPS) is 16.0. The number of benzene rings is 1. The average Bonchev–Trinajstić information content (AvgIpc) is 3.16. The molecule has 2 rings (SSSR count). The van der Waals surface area contributed by atoms with Crippen LogP contribution in [0.25, 0.3) is 0 Å². The van der Waals surface area contributed by atoms with Gasteiger partial charge >= 0.3 is 0 Å². The van der Waals surface area contributed by atoms with Crippen molar-refractivity contribution in [3.63, 3.8) is 0 Å². The van der Waals surface area contributed by atoms with Gasteiger partial charge in [-0.05, 0) is 66.2 Å². The molecule has 1 unspecified atom stereocenters. The van der Waals surface area contributed by atoms with Crippen LogP contribution < -0.4 is 15.2 Å². The van der Waals surface area contributed by atoms with E-state index in [0.717, 1.165) is 41.3 Å². The maximum Gasteiger partial charge on any atom is 0.175 e. The molecule has 3 nitrogen and oxygen atoms in total. The molecule has 1 atom stereocenters. The topological polar surface area (TPSA) is 44.5 Å². The molecule has 112 valence electrons. The van der Waals surface area contributed by atoms with Crippen LogP contribution in [0.5, 0.6) is 11.5 Å². The quantitative estimate of drug-likeness (QED) is 0.779. The lowest BCUT2D eigenvalue weighted by Crippen LogP contribution is -2.17. The van der Waals surface area contributed by atoms with E-state index in [1.165, 1.54) is 18.4 Å². The van der Waals surface area contributed by atoms with Gasteiger partial charge in [0, 0.05) is 6.04 Å². The van der Waals surface area contributed by atoms with Crippen LogP contribution in [-0.2, 0) is 6.42 Å². The van der Waals surface area contributed by atoms with Crippen LogP contribution in [0.1, 0.15) is 38.7 Å². The van der Waals surface area contributed by atoms with Gasteiger partial charge < -0.3 is 15.2 Å². The van der Waals surface area contributed by atoms with Gasteiger partial charge in [0.15, 0.2) is 11.5 Å². The lowest BCUT2D eigenvalue weighted by Gasteiger charge is -2.16. The predicted octanol–water partition coefficient (Wildman–Crippen LogP) is 3.92. The number of rotatable bonds is 8. The van der Waals surface area contributed by atoms with Crippen LogP contribution in [0.3, 0.4) is 0 Å². The monoisotopic (exact) mass is 341 g/mol. The van der Waals surface area contributed by atoms with E-state index in [1.54, 1.807) is 0 Å². The minimum Gasteiger partial charge on any atom is -0.490 e. The Bertz CT molecular complexity index is 444. The second-order valence-corrected chi connectivity index (χ2v) is 6.45. The Morgan fingerprint density at radius 2 is 2.10 bits per heavy atom. The van der Waals surface area contributed by atoms with Gasteiger partial charge in [0.2, 0.25) is 0 Å². The Kier molecular flexibility index (Phi) is 5.73. The van der Waals surface area contributed by atoms with Gasteiger partial charge in [0.25, 0.3) is 0 Å². The van der Waals surface area contributed by atoms with Crippen molar-refractivity contribution < 1.29 is 9.47 Å². The number of hydrogen-bond donors (Lipinski definition) is 1. The van der Waals surface area contributed by atoms with E-state index in [4.69, 9.17) is 15.2 Å². The van der Waals surface area contributed by atoms with Crippen molar-refractivity contribution in [2.24, 2.45) is 11.7 Å². The van der Waals surface area contributed by atoms with E-state index >= 15 is 0 Å². The lowest BCUT2D eigenvalue weighted by molar-refractivity contribution is 0.267. The summed E-state index contributed by atoms with van der Waals surface area (Å²) in [6, 6.07) is 4.26. The van der Waals surface area contributed by atoms with E-state index in [2.05, 4.69) is 22.0 Å². The molecule has 0 bridgehead atoms. The Morgan fingerprint density at radius 1 is 1.35 bits per heavy atom. The summed E-state index contributed by atoms with van der Waals surface area (Å²) in [5.74, 6) is 2.51. The van der Waals surface area contributed by atoms with Gasteiger partial charge in [-0.1, -0.05) is 12.8 Å². The summed E-state index contributed by atoms with van der Waals surface area (Å²) in [6.45, 7) is 5.39. The molecule has 1 aliphatic rings. The highest BCUT2D eigenvalue weighted by atomic mass is 79.9. The number of halogens is 1. The molecule has 0 amide bonds. The van der Waals surface area contributed by atoms with E-state index in [1.807, 2.05) is 19.9 Å². The second kappa shape index (κ2) is 7.32. The van der Waals surface area contributed by atoms with Gasteiger partial charge in [-0.3, -0.25) is 0 Å². The van der Waals surface area contributed by atoms with Crippen molar-refractivity contribution >= 4 is 15.9 Å². The summed E-state index contributed by atoms with van der Waals surface area (Å²) in [7, 11) is 0. The highest BCUT2D eigenvalue weighted by molar-refractivity contribution is 9.10. The SMILES string of the molecule is CCOc1cc(CC(C)N)cc(Br)c1OCCC1CC1. The van der Waals surface area contributed by atoms with Crippen molar-refractivity contribution in [2.75, 3.05) is 13.2 Å². The lowest BCUT2D eigenvalue weighted by atomic mass is 10.1. The van der Waals surface area contributed by atoms with E-state index in [0.29, 0.717) is 6.61 Å². The molecule has 0 spiro atoms. The minimum atomic E-state index is 0.137. The molecule has 0 aliphatic heterocycles. The molecule has 20 heavy (non-hydrogen) atoms. The van der Waals surface area contributed by atoms with E-state index in [9.17, 15) is 0 Å². The molecule has 1 fully saturated rings. The molecule has 1 aliphatic carbocycles. The fraction of sp³-hybridized carbons (Fsp3) is 0.625. The highest BCUT2D eigenvalue weighted by Crippen LogP contribution is 2.38. The van der Waals surface area contributed by atoms with Crippen molar-refractivity contribution in [3.8, 4) is 11.5 Å². The van der Waals surface area contributed by atoms with Crippen molar-refractivity contribution in [1.29, 1.82) is 0 Å². The molecule has 2 N–H and O–H groups in total. The zero-order valence-corrected chi connectivity index (χ0v) is 13.9. The van der Waals surface area contributed by atoms with E-state index < -0.39 is 0 Å². The molecular formula is C16H24BrNO2.